The van der Waals surface area contributed by atoms with E-state index in [0.29, 0.717) is 10.0 Å². The van der Waals surface area contributed by atoms with Crippen molar-refractivity contribution in [3.63, 3.8) is 0 Å². The van der Waals surface area contributed by atoms with Crippen LogP contribution in [0.15, 0.2) is 42.5 Å². The molecule has 0 saturated carbocycles. The standard InChI is InChI=1S/C16H10Cl2FNO/c17-12-7-8-14(18)13(10-12)16(21)20-9-3-5-11-4-1-2-6-15(11)19/h1-2,4,6-8,10H,9H2,(H,20,21). The summed E-state index contributed by atoms with van der Waals surface area (Å²) in [5, 5.41) is 3.30. The van der Waals surface area contributed by atoms with E-state index in [-0.39, 0.29) is 23.6 Å². The molecule has 0 aliphatic carbocycles. The third-order valence-corrected chi connectivity index (χ3v) is 3.17. The summed E-state index contributed by atoms with van der Waals surface area (Å²) in [4.78, 5) is 11.9. The van der Waals surface area contributed by atoms with Crippen LogP contribution in [0.25, 0.3) is 0 Å². The Morgan fingerprint density at radius 1 is 1.19 bits per heavy atom. The highest BCUT2D eigenvalue weighted by atomic mass is 35.5. The van der Waals surface area contributed by atoms with Crippen molar-refractivity contribution in [2.24, 2.45) is 0 Å². The van der Waals surface area contributed by atoms with Crippen LogP contribution in [-0.2, 0) is 0 Å². The molecule has 0 aliphatic heterocycles. The van der Waals surface area contributed by atoms with Crippen LogP contribution in [0.1, 0.15) is 15.9 Å². The lowest BCUT2D eigenvalue weighted by Crippen LogP contribution is -2.23. The van der Waals surface area contributed by atoms with Crippen LogP contribution in [0.4, 0.5) is 4.39 Å². The number of rotatable bonds is 2. The van der Waals surface area contributed by atoms with Crippen molar-refractivity contribution in [3.05, 3.63) is 69.5 Å². The van der Waals surface area contributed by atoms with E-state index >= 15 is 0 Å². The summed E-state index contributed by atoms with van der Waals surface area (Å²) in [6.45, 7) is 0.0794. The van der Waals surface area contributed by atoms with E-state index in [1.807, 2.05) is 0 Å². The van der Waals surface area contributed by atoms with Crippen LogP contribution in [0.3, 0.4) is 0 Å². The number of benzene rings is 2. The highest BCUT2D eigenvalue weighted by Crippen LogP contribution is 2.20. The molecule has 2 aromatic carbocycles. The largest absolute Gasteiger partial charge is 0.341 e. The van der Waals surface area contributed by atoms with E-state index in [1.54, 1.807) is 30.3 Å². The van der Waals surface area contributed by atoms with Crippen LogP contribution < -0.4 is 5.32 Å². The van der Waals surface area contributed by atoms with E-state index in [2.05, 4.69) is 17.2 Å². The third-order valence-electron chi connectivity index (χ3n) is 2.61. The fraction of sp³-hybridized carbons (Fsp3) is 0.0625. The Kier molecular flexibility index (Phi) is 5.21. The minimum Gasteiger partial charge on any atom is -0.341 e. The van der Waals surface area contributed by atoms with Crippen LogP contribution in [0.2, 0.25) is 10.0 Å². The van der Waals surface area contributed by atoms with E-state index in [1.165, 1.54) is 12.1 Å². The molecular weight excluding hydrogens is 312 g/mol. The van der Waals surface area contributed by atoms with Crippen molar-refractivity contribution < 1.29 is 9.18 Å². The third kappa shape index (κ3) is 4.22. The zero-order valence-electron chi connectivity index (χ0n) is 10.8. The second kappa shape index (κ2) is 7.12. The first-order chi connectivity index (χ1) is 10.1. The van der Waals surface area contributed by atoms with Crippen molar-refractivity contribution in [3.8, 4) is 11.8 Å². The number of hydrogen-bond donors (Lipinski definition) is 1. The smallest absolute Gasteiger partial charge is 0.253 e. The Balaban J connectivity index is 2.00. The molecule has 5 heteroatoms. The van der Waals surface area contributed by atoms with Crippen molar-refractivity contribution in [2.45, 2.75) is 0 Å². The molecule has 1 N–H and O–H groups in total. The van der Waals surface area contributed by atoms with Crippen LogP contribution in [0.5, 0.6) is 0 Å². The Morgan fingerprint density at radius 3 is 2.71 bits per heavy atom. The lowest BCUT2D eigenvalue weighted by Gasteiger charge is -2.04. The Hall–Kier alpha value is -2.02. The second-order valence-corrected chi connectivity index (χ2v) is 4.93. The molecule has 21 heavy (non-hydrogen) atoms. The number of halogens is 3. The molecule has 0 spiro atoms. The van der Waals surface area contributed by atoms with Gasteiger partial charge in [0.25, 0.3) is 5.91 Å². The zero-order valence-corrected chi connectivity index (χ0v) is 12.3. The molecule has 106 valence electrons. The number of carbonyl (C=O) groups is 1. The molecule has 0 radical (unpaired) electrons. The first kappa shape index (κ1) is 15.4. The number of hydrogen-bond acceptors (Lipinski definition) is 1. The number of amides is 1. The predicted molar refractivity (Wildman–Crippen MR) is 82.1 cm³/mol. The van der Waals surface area contributed by atoms with Crippen molar-refractivity contribution >= 4 is 29.1 Å². The van der Waals surface area contributed by atoms with Gasteiger partial charge in [-0.2, -0.15) is 0 Å². The summed E-state index contributed by atoms with van der Waals surface area (Å²) >= 11 is 11.7. The lowest BCUT2D eigenvalue weighted by molar-refractivity contribution is 0.0959. The monoisotopic (exact) mass is 321 g/mol. The maximum absolute atomic E-state index is 13.3. The summed E-state index contributed by atoms with van der Waals surface area (Å²) in [5.74, 6) is 4.55. The first-order valence-corrected chi connectivity index (χ1v) is 6.80. The summed E-state index contributed by atoms with van der Waals surface area (Å²) in [5.41, 5.74) is 0.560. The lowest BCUT2D eigenvalue weighted by atomic mass is 10.2. The van der Waals surface area contributed by atoms with Gasteiger partial charge in [-0.15, -0.1) is 0 Å². The van der Waals surface area contributed by atoms with Crippen LogP contribution in [-0.4, -0.2) is 12.5 Å². The maximum atomic E-state index is 13.3. The molecule has 0 saturated heterocycles. The normalized spacial score (nSPS) is 9.67. The van der Waals surface area contributed by atoms with E-state index in [0.717, 1.165) is 0 Å². The van der Waals surface area contributed by atoms with Gasteiger partial charge in [0.05, 0.1) is 22.7 Å². The van der Waals surface area contributed by atoms with Crippen LogP contribution >= 0.6 is 23.2 Å². The number of carbonyl (C=O) groups excluding carboxylic acids is 1. The molecule has 0 bridgehead atoms. The molecule has 0 heterocycles. The van der Waals surface area contributed by atoms with Gasteiger partial charge in [-0.05, 0) is 30.3 Å². The Labute approximate surface area is 131 Å². The van der Waals surface area contributed by atoms with E-state index in [4.69, 9.17) is 23.2 Å². The Morgan fingerprint density at radius 2 is 1.95 bits per heavy atom. The van der Waals surface area contributed by atoms with Gasteiger partial charge in [-0.1, -0.05) is 47.2 Å². The average molecular weight is 322 g/mol. The molecule has 0 fully saturated rings. The highest BCUT2D eigenvalue weighted by molar-refractivity contribution is 6.35. The predicted octanol–water partition coefficient (Wildman–Crippen LogP) is 3.91. The van der Waals surface area contributed by atoms with Crippen molar-refractivity contribution in [1.29, 1.82) is 0 Å². The summed E-state index contributed by atoms with van der Waals surface area (Å²) < 4.78 is 13.3. The molecule has 2 nitrogen and oxygen atoms in total. The zero-order chi connectivity index (χ0) is 15.2. The van der Waals surface area contributed by atoms with Gasteiger partial charge in [0.15, 0.2) is 0 Å². The van der Waals surface area contributed by atoms with Gasteiger partial charge >= 0.3 is 0 Å². The quantitative estimate of drug-likeness (QED) is 0.835. The fourth-order valence-electron chi connectivity index (χ4n) is 1.59. The van der Waals surface area contributed by atoms with Crippen molar-refractivity contribution in [2.75, 3.05) is 6.54 Å². The molecule has 2 aromatic rings. The summed E-state index contributed by atoms with van der Waals surface area (Å²) in [6.07, 6.45) is 0. The fourth-order valence-corrected chi connectivity index (χ4v) is 1.97. The first-order valence-electron chi connectivity index (χ1n) is 6.04. The molecule has 0 unspecified atom stereocenters. The topological polar surface area (TPSA) is 29.1 Å². The Bertz CT molecular complexity index is 735. The average Bonchev–Trinajstić information content (AvgIpc) is 2.47. The molecule has 2 rings (SSSR count). The van der Waals surface area contributed by atoms with Gasteiger partial charge in [-0.25, -0.2) is 4.39 Å². The van der Waals surface area contributed by atoms with Gasteiger partial charge in [0, 0.05) is 5.02 Å². The minimum atomic E-state index is -0.394. The van der Waals surface area contributed by atoms with Crippen LogP contribution in [0, 0.1) is 17.7 Å². The molecular formula is C16H10Cl2FNO. The van der Waals surface area contributed by atoms with E-state index < -0.39 is 5.82 Å². The molecule has 1 amide bonds. The van der Waals surface area contributed by atoms with Crippen molar-refractivity contribution in [1.82, 2.24) is 5.32 Å². The summed E-state index contributed by atoms with van der Waals surface area (Å²) in [6, 6.07) is 10.8. The van der Waals surface area contributed by atoms with Gasteiger partial charge in [0.2, 0.25) is 0 Å². The number of nitrogens with one attached hydrogen (secondary N) is 1. The SMILES string of the molecule is O=C(NCC#Cc1ccccc1F)c1cc(Cl)ccc1Cl. The summed E-state index contributed by atoms with van der Waals surface area (Å²) in [7, 11) is 0. The highest BCUT2D eigenvalue weighted by Gasteiger charge is 2.09. The van der Waals surface area contributed by atoms with E-state index in [9.17, 15) is 9.18 Å². The maximum Gasteiger partial charge on any atom is 0.253 e. The molecule has 0 aromatic heterocycles. The van der Waals surface area contributed by atoms with Gasteiger partial charge in [0.1, 0.15) is 5.82 Å². The molecule has 0 aliphatic rings. The second-order valence-electron chi connectivity index (χ2n) is 4.09. The molecule has 0 atom stereocenters. The minimum absolute atomic E-state index is 0.0794. The van der Waals surface area contributed by atoms with Gasteiger partial charge < -0.3 is 5.32 Å². The van der Waals surface area contributed by atoms with Gasteiger partial charge in [-0.3, -0.25) is 4.79 Å².